The molecule has 0 spiro atoms. The molecule has 0 bridgehead atoms. The topological polar surface area (TPSA) is 29.3 Å². The molecule has 1 heterocycles. The van der Waals surface area contributed by atoms with Crippen LogP contribution in [0.25, 0.3) is 0 Å². The van der Waals surface area contributed by atoms with Crippen LogP contribution in [-0.2, 0) is 5.41 Å². The Balaban J connectivity index is 2.56. The third-order valence-corrected chi connectivity index (χ3v) is 3.88. The molecule has 0 aromatic heterocycles. The molecule has 1 aromatic carbocycles. The fraction of sp³-hybridized carbons (Fsp3) is 0.600. The van der Waals surface area contributed by atoms with Gasteiger partial charge in [-0.2, -0.15) is 0 Å². The lowest BCUT2D eigenvalue weighted by molar-refractivity contribution is 0.474. The minimum Gasteiger partial charge on any atom is -0.399 e. The van der Waals surface area contributed by atoms with Crippen molar-refractivity contribution >= 4 is 11.4 Å². The van der Waals surface area contributed by atoms with Gasteiger partial charge in [-0.3, -0.25) is 0 Å². The Morgan fingerprint density at radius 1 is 1.29 bits per heavy atom. The molecule has 1 aliphatic heterocycles. The van der Waals surface area contributed by atoms with Crippen LogP contribution in [0.3, 0.4) is 0 Å². The molecule has 1 aliphatic rings. The number of nitrogen functional groups attached to an aromatic ring is 1. The van der Waals surface area contributed by atoms with Gasteiger partial charge in [-0.05, 0) is 49.8 Å². The average molecular weight is 232 g/mol. The zero-order chi connectivity index (χ0) is 12.6. The first-order chi connectivity index (χ1) is 7.92. The zero-order valence-electron chi connectivity index (χ0n) is 11.5. The molecule has 2 rings (SSSR count). The highest BCUT2D eigenvalue weighted by Gasteiger charge is 2.29. The minimum atomic E-state index is 0.257. The van der Waals surface area contributed by atoms with Gasteiger partial charge >= 0.3 is 0 Å². The van der Waals surface area contributed by atoms with Crippen LogP contribution in [0.2, 0.25) is 0 Å². The van der Waals surface area contributed by atoms with E-state index in [9.17, 15) is 0 Å². The number of anilines is 2. The average Bonchev–Trinajstić information content (AvgIpc) is 2.34. The van der Waals surface area contributed by atoms with E-state index in [1.54, 1.807) is 0 Å². The quantitative estimate of drug-likeness (QED) is 0.750. The third-order valence-electron chi connectivity index (χ3n) is 3.88. The summed E-state index contributed by atoms with van der Waals surface area (Å²) in [5.74, 6) is 0. The van der Waals surface area contributed by atoms with Gasteiger partial charge in [-0.25, -0.2) is 0 Å². The summed E-state index contributed by atoms with van der Waals surface area (Å²) >= 11 is 0. The van der Waals surface area contributed by atoms with E-state index in [-0.39, 0.29) is 5.41 Å². The fourth-order valence-corrected chi connectivity index (χ4v) is 2.84. The molecule has 2 heteroatoms. The van der Waals surface area contributed by atoms with Crippen molar-refractivity contribution in [2.75, 3.05) is 17.2 Å². The zero-order valence-corrected chi connectivity index (χ0v) is 11.5. The van der Waals surface area contributed by atoms with Gasteiger partial charge < -0.3 is 10.6 Å². The Hall–Kier alpha value is -1.18. The summed E-state index contributed by atoms with van der Waals surface area (Å²) in [5, 5.41) is 0. The second-order valence-corrected chi connectivity index (χ2v) is 6.05. The highest BCUT2D eigenvalue weighted by molar-refractivity contribution is 5.64. The maximum Gasteiger partial charge on any atom is 0.0427 e. The Morgan fingerprint density at radius 2 is 2.00 bits per heavy atom. The number of nitrogens with two attached hydrogens (primary N) is 1. The van der Waals surface area contributed by atoms with Crippen LogP contribution >= 0.6 is 0 Å². The molecular weight excluding hydrogens is 208 g/mol. The van der Waals surface area contributed by atoms with Gasteiger partial charge in [0.05, 0.1) is 0 Å². The van der Waals surface area contributed by atoms with Gasteiger partial charge in [0, 0.05) is 24.0 Å². The lowest BCUT2D eigenvalue weighted by Gasteiger charge is -2.31. The van der Waals surface area contributed by atoms with E-state index in [0.717, 1.165) is 12.2 Å². The predicted octanol–water partition coefficient (Wildman–Crippen LogP) is 3.56. The number of benzene rings is 1. The molecule has 0 radical (unpaired) electrons. The summed E-state index contributed by atoms with van der Waals surface area (Å²) in [6.45, 7) is 10.3. The maximum atomic E-state index is 5.96. The number of fused-ring (bicyclic) bond motifs is 1. The molecule has 94 valence electrons. The summed E-state index contributed by atoms with van der Waals surface area (Å²) in [4.78, 5) is 2.49. The molecule has 0 fully saturated rings. The molecule has 2 N–H and O–H groups in total. The second kappa shape index (κ2) is 4.25. The van der Waals surface area contributed by atoms with Gasteiger partial charge in [-0.15, -0.1) is 0 Å². The van der Waals surface area contributed by atoms with Gasteiger partial charge in [0.1, 0.15) is 0 Å². The van der Waals surface area contributed by atoms with E-state index < -0.39 is 0 Å². The van der Waals surface area contributed by atoms with Crippen molar-refractivity contribution in [2.45, 2.75) is 52.0 Å². The van der Waals surface area contributed by atoms with Gasteiger partial charge in [0.25, 0.3) is 0 Å². The van der Waals surface area contributed by atoms with Crippen molar-refractivity contribution in [3.63, 3.8) is 0 Å². The molecule has 0 saturated carbocycles. The first kappa shape index (κ1) is 12.3. The van der Waals surface area contributed by atoms with Crippen LogP contribution in [0.15, 0.2) is 18.2 Å². The summed E-state index contributed by atoms with van der Waals surface area (Å²) in [5.41, 5.74) is 9.86. The first-order valence-electron chi connectivity index (χ1n) is 6.58. The van der Waals surface area contributed by atoms with E-state index in [2.05, 4.69) is 44.7 Å². The Bertz CT molecular complexity index is 407. The highest BCUT2D eigenvalue weighted by Crippen LogP contribution is 2.40. The number of rotatable bonds is 1. The third kappa shape index (κ3) is 2.26. The molecule has 0 unspecified atom stereocenters. The summed E-state index contributed by atoms with van der Waals surface area (Å²) < 4.78 is 0. The second-order valence-electron chi connectivity index (χ2n) is 6.05. The predicted molar refractivity (Wildman–Crippen MR) is 75.6 cm³/mol. The van der Waals surface area contributed by atoms with Crippen molar-refractivity contribution in [2.24, 2.45) is 0 Å². The first-order valence-corrected chi connectivity index (χ1v) is 6.58. The van der Waals surface area contributed by atoms with Crippen molar-refractivity contribution in [1.82, 2.24) is 0 Å². The highest BCUT2D eigenvalue weighted by atomic mass is 15.2. The SMILES string of the molecule is CC(C)N1CCCC(C)(C)c2ccc(N)cc21. The van der Waals surface area contributed by atoms with E-state index in [4.69, 9.17) is 5.73 Å². The van der Waals surface area contributed by atoms with Crippen molar-refractivity contribution < 1.29 is 0 Å². The number of hydrogen-bond acceptors (Lipinski definition) is 2. The van der Waals surface area contributed by atoms with Gasteiger partial charge in [-0.1, -0.05) is 19.9 Å². The van der Waals surface area contributed by atoms with Crippen LogP contribution in [0.4, 0.5) is 11.4 Å². The molecule has 0 saturated heterocycles. The molecule has 0 atom stereocenters. The van der Waals surface area contributed by atoms with Gasteiger partial charge in [0.2, 0.25) is 0 Å². The van der Waals surface area contributed by atoms with E-state index >= 15 is 0 Å². The van der Waals surface area contributed by atoms with E-state index in [0.29, 0.717) is 6.04 Å². The van der Waals surface area contributed by atoms with E-state index in [1.807, 2.05) is 6.07 Å². The van der Waals surface area contributed by atoms with Crippen molar-refractivity contribution in [3.05, 3.63) is 23.8 Å². The summed E-state index contributed by atoms with van der Waals surface area (Å²) in [6, 6.07) is 6.92. The summed E-state index contributed by atoms with van der Waals surface area (Å²) in [7, 11) is 0. The summed E-state index contributed by atoms with van der Waals surface area (Å²) in [6.07, 6.45) is 2.49. The van der Waals surface area contributed by atoms with E-state index in [1.165, 1.54) is 24.1 Å². The molecular formula is C15H24N2. The van der Waals surface area contributed by atoms with Crippen LogP contribution in [0.5, 0.6) is 0 Å². The van der Waals surface area contributed by atoms with Crippen LogP contribution in [-0.4, -0.2) is 12.6 Å². The molecule has 0 aliphatic carbocycles. The monoisotopic (exact) mass is 232 g/mol. The molecule has 1 aromatic rings. The Morgan fingerprint density at radius 3 is 2.65 bits per heavy atom. The molecule has 17 heavy (non-hydrogen) atoms. The number of nitrogens with zero attached hydrogens (tertiary/aromatic N) is 1. The van der Waals surface area contributed by atoms with Gasteiger partial charge in [0.15, 0.2) is 0 Å². The lowest BCUT2D eigenvalue weighted by atomic mass is 9.80. The fourth-order valence-electron chi connectivity index (χ4n) is 2.84. The van der Waals surface area contributed by atoms with Crippen molar-refractivity contribution in [3.8, 4) is 0 Å². The lowest BCUT2D eigenvalue weighted by Crippen LogP contribution is -2.31. The number of hydrogen-bond donors (Lipinski definition) is 1. The molecule has 2 nitrogen and oxygen atoms in total. The normalized spacial score (nSPS) is 19.0. The van der Waals surface area contributed by atoms with Crippen LogP contribution in [0.1, 0.15) is 46.1 Å². The van der Waals surface area contributed by atoms with Crippen LogP contribution in [0, 0.1) is 0 Å². The maximum absolute atomic E-state index is 5.96. The minimum absolute atomic E-state index is 0.257. The van der Waals surface area contributed by atoms with Crippen molar-refractivity contribution in [1.29, 1.82) is 0 Å². The largest absolute Gasteiger partial charge is 0.399 e. The standard InChI is InChI=1S/C15H24N2/c1-11(2)17-9-5-8-15(3,4)13-7-6-12(16)10-14(13)17/h6-7,10-11H,5,8-9,16H2,1-4H3. The molecule has 0 amide bonds. The Kier molecular flexibility index (Phi) is 3.07. The van der Waals surface area contributed by atoms with Crippen LogP contribution < -0.4 is 10.6 Å². The Labute approximate surface area is 105 Å². The smallest absolute Gasteiger partial charge is 0.0427 e.